The maximum atomic E-state index is 12.7. The molecule has 0 atom stereocenters. The molecule has 0 saturated carbocycles. The maximum absolute atomic E-state index is 12.7. The number of anilines is 3. The van der Waals surface area contributed by atoms with Gasteiger partial charge in [-0.15, -0.1) is 10.2 Å². The van der Waals surface area contributed by atoms with Crippen LogP contribution in [0.25, 0.3) is 5.82 Å². The summed E-state index contributed by atoms with van der Waals surface area (Å²) in [6.07, 6.45) is 4.17. The second-order valence-corrected chi connectivity index (χ2v) is 8.59. The highest BCUT2D eigenvalue weighted by Gasteiger charge is 2.19. The van der Waals surface area contributed by atoms with Crippen LogP contribution in [0.1, 0.15) is 5.56 Å². The van der Waals surface area contributed by atoms with E-state index < -0.39 is 10.0 Å². The van der Waals surface area contributed by atoms with E-state index in [1.165, 1.54) is 0 Å². The van der Waals surface area contributed by atoms with E-state index in [9.17, 15) is 8.42 Å². The Bertz CT molecular complexity index is 1300. The molecule has 1 aliphatic heterocycles. The van der Waals surface area contributed by atoms with Gasteiger partial charge >= 0.3 is 0 Å². The first-order chi connectivity index (χ1) is 15.1. The van der Waals surface area contributed by atoms with Crippen molar-refractivity contribution in [3.8, 4) is 11.6 Å². The highest BCUT2D eigenvalue weighted by atomic mass is 32.2. The molecule has 31 heavy (non-hydrogen) atoms. The fourth-order valence-corrected chi connectivity index (χ4v) is 4.34. The molecular weight excluding hydrogens is 416 g/mol. The van der Waals surface area contributed by atoms with Crippen molar-refractivity contribution in [1.29, 1.82) is 0 Å². The molecule has 1 aliphatic rings. The minimum atomic E-state index is -3.69. The average Bonchev–Trinajstić information content (AvgIpc) is 3.47. The fraction of sp³-hybridized carbons (Fsp3) is 0.0952. The fourth-order valence-electron chi connectivity index (χ4n) is 3.23. The third-order valence-corrected chi connectivity index (χ3v) is 6.15. The minimum absolute atomic E-state index is 0.214. The first-order valence-electron chi connectivity index (χ1n) is 9.56. The maximum Gasteiger partial charge on any atom is 0.261 e. The Balaban J connectivity index is 1.26. The summed E-state index contributed by atoms with van der Waals surface area (Å²) in [5.41, 5.74) is 2.11. The number of nitrogens with one attached hydrogen (secondary N) is 2. The molecular formula is C21H18N6O3S. The molecule has 2 N–H and O–H groups in total. The second-order valence-electron chi connectivity index (χ2n) is 6.90. The zero-order valence-electron chi connectivity index (χ0n) is 16.3. The SMILES string of the molecule is O=S(=O)(Nc1ccc(Nc2ccc(-n3cccn3)nn2)cc1)c1ccc2c(c1)CCO2. The molecule has 0 amide bonds. The Morgan fingerprint density at radius 2 is 1.81 bits per heavy atom. The van der Waals surface area contributed by atoms with Gasteiger partial charge in [-0.05, 0) is 66.2 Å². The van der Waals surface area contributed by atoms with Crippen molar-refractivity contribution in [2.24, 2.45) is 0 Å². The van der Waals surface area contributed by atoms with E-state index in [4.69, 9.17) is 4.74 Å². The van der Waals surface area contributed by atoms with Crippen LogP contribution in [0.5, 0.6) is 5.75 Å². The molecule has 0 fully saturated rings. The minimum Gasteiger partial charge on any atom is -0.493 e. The summed E-state index contributed by atoms with van der Waals surface area (Å²) in [6, 6.07) is 17.2. The quantitative estimate of drug-likeness (QED) is 0.480. The third kappa shape index (κ3) is 4.05. The van der Waals surface area contributed by atoms with Crippen molar-refractivity contribution in [3.05, 3.63) is 78.6 Å². The molecule has 0 spiro atoms. The van der Waals surface area contributed by atoms with Crippen LogP contribution in [0.4, 0.5) is 17.2 Å². The number of aromatic nitrogens is 4. The molecule has 0 saturated heterocycles. The molecule has 5 rings (SSSR count). The van der Waals surface area contributed by atoms with Crippen LogP contribution >= 0.6 is 0 Å². The molecule has 0 unspecified atom stereocenters. The first kappa shape index (κ1) is 19.1. The lowest BCUT2D eigenvalue weighted by Gasteiger charge is -2.10. The number of hydrogen-bond donors (Lipinski definition) is 2. The molecule has 0 bridgehead atoms. The van der Waals surface area contributed by atoms with E-state index in [0.29, 0.717) is 30.4 Å². The standard InChI is InChI=1S/C21H18N6O3S/c28-31(29,18-6-7-19-15(14-18)10-13-30-19)26-17-4-2-16(3-5-17)23-20-8-9-21(25-24-20)27-12-1-11-22-27/h1-9,11-12,14,26H,10,13H2,(H,23,24). The number of nitrogens with zero attached hydrogens (tertiary/aromatic N) is 4. The summed E-state index contributed by atoms with van der Waals surface area (Å²) < 4.78 is 35.1. The smallest absolute Gasteiger partial charge is 0.261 e. The zero-order chi connectivity index (χ0) is 21.3. The van der Waals surface area contributed by atoms with Crippen LogP contribution < -0.4 is 14.8 Å². The molecule has 2 aromatic carbocycles. The Morgan fingerprint density at radius 1 is 0.968 bits per heavy atom. The Kier molecular flexibility index (Phi) is 4.75. The predicted molar refractivity (Wildman–Crippen MR) is 115 cm³/mol. The number of sulfonamides is 1. The van der Waals surface area contributed by atoms with E-state index >= 15 is 0 Å². The topological polar surface area (TPSA) is 111 Å². The summed E-state index contributed by atoms with van der Waals surface area (Å²) >= 11 is 0. The second kappa shape index (κ2) is 7.73. The van der Waals surface area contributed by atoms with Crippen LogP contribution in [0.15, 0.2) is 78.0 Å². The van der Waals surface area contributed by atoms with Gasteiger partial charge in [-0.2, -0.15) is 5.10 Å². The summed E-state index contributed by atoms with van der Waals surface area (Å²) in [5.74, 6) is 1.91. The van der Waals surface area contributed by atoms with Gasteiger partial charge in [0.15, 0.2) is 11.6 Å². The Labute approximate surface area is 178 Å². The number of rotatable bonds is 6. The zero-order valence-corrected chi connectivity index (χ0v) is 17.1. The molecule has 0 radical (unpaired) electrons. The van der Waals surface area contributed by atoms with Gasteiger partial charge in [0.2, 0.25) is 0 Å². The normalized spacial score (nSPS) is 12.8. The number of fused-ring (bicyclic) bond motifs is 1. The lowest BCUT2D eigenvalue weighted by atomic mass is 10.2. The summed E-state index contributed by atoms with van der Waals surface area (Å²) in [6.45, 7) is 0.580. The van der Waals surface area contributed by atoms with Crippen molar-refractivity contribution in [2.75, 3.05) is 16.6 Å². The van der Waals surface area contributed by atoms with E-state index in [1.54, 1.807) is 71.7 Å². The molecule has 156 valence electrons. The van der Waals surface area contributed by atoms with Crippen LogP contribution in [0, 0.1) is 0 Å². The van der Waals surface area contributed by atoms with E-state index in [2.05, 4.69) is 25.3 Å². The lowest BCUT2D eigenvalue weighted by Crippen LogP contribution is -2.13. The molecule has 3 heterocycles. The van der Waals surface area contributed by atoms with Crippen LogP contribution in [-0.4, -0.2) is 35.0 Å². The Hall–Kier alpha value is -3.92. The van der Waals surface area contributed by atoms with Gasteiger partial charge in [-0.1, -0.05) is 0 Å². The molecule has 9 nitrogen and oxygen atoms in total. The van der Waals surface area contributed by atoms with Gasteiger partial charge in [0.05, 0.1) is 11.5 Å². The van der Waals surface area contributed by atoms with Gasteiger partial charge < -0.3 is 10.1 Å². The van der Waals surface area contributed by atoms with E-state index in [0.717, 1.165) is 17.0 Å². The summed E-state index contributed by atoms with van der Waals surface area (Å²) in [7, 11) is -3.69. The Morgan fingerprint density at radius 3 is 2.55 bits per heavy atom. The van der Waals surface area contributed by atoms with Gasteiger partial charge in [0.1, 0.15) is 5.75 Å². The van der Waals surface area contributed by atoms with Crippen molar-refractivity contribution < 1.29 is 13.2 Å². The molecule has 0 aliphatic carbocycles. The number of benzene rings is 2. The summed E-state index contributed by atoms with van der Waals surface area (Å²) in [5, 5.41) is 15.5. The largest absolute Gasteiger partial charge is 0.493 e. The number of hydrogen-bond acceptors (Lipinski definition) is 7. The van der Waals surface area contributed by atoms with E-state index in [-0.39, 0.29) is 4.90 Å². The van der Waals surface area contributed by atoms with Gasteiger partial charge in [-0.25, -0.2) is 13.1 Å². The number of ether oxygens (including phenoxy) is 1. The molecule has 10 heteroatoms. The van der Waals surface area contributed by atoms with Crippen molar-refractivity contribution >= 4 is 27.2 Å². The van der Waals surface area contributed by atoms with Gasteiger partial charge in [0.25, 0.3) is 10.0 Å². The highest BCUT2D eigenvalue weighted by Crippen LogP contribution is 2.28. The van der Waals surface area contributed by atoms with Crippen LogP contribution in [0.2, 0.25) is 0 Å². The average molecular weight is 434 g/mol. The highest BCUT2D eigenvalue weighted by molar-refractivity contribution is 7.92. The van der Waals surface area contributed by atoms with Gasteiger partial charge in [-0.3, -0.25) is 4.72 Å². The van der Waals surface area contributed by atoms with Crippen molar-refractivity contribution in [1.82, 2.24) is 20.0 Å². The summed E-state index contributed by atoms with van der Waals surface area (Å²) in [4.78, 5) is 0.214. The third-order valence-electron chi connectivity index (χ3n) is 4.77. The van der Waals surface area contributed by atoms with Crippen molar-refractivity contribution in [3.63, 3.8) is 0 Å². The monoisotopic (exact) mass is 434 g/mol. The van der Waals surface area contributed by atoms with Crippen LogP contribution in [0.3, 0.4) is 0 Å². The van der Waals surface area contributed by atoms with Gasteiger partial charge in [0, 0.05) is 30.2 Å². The molecule has 2 aromatic heterocycles. The van der Waals surface area contributed by atoms with Crippen molar-refractivity contribution in [2.45, 2.75) is 11.3 Å². The lowest BCUT2D eigenvalue weighted by molar-refractivity contribution is 0.356. The predicted octanol–water partition coefficient (Wildman–Crippen LogP) is 3.14. The molecule has 4 aromatic rings. The first-order valence-corrected chi connectivity index (χ1v) is 11.0. The van der Waals surface area contributed by atoms with Crippen LogP contribution in [-0.2, 0) is 16.4 Å². The van der Waals surface area contributed by atoms with E-state index in [1.807, 2.05) is 6.07 Å².